The van der Waals surface area contributed by atoms with E-state index in [9.17, 15) is 10.2 Å². The Balaban J connectivity index is 1.55. The fourth-order valence-corrected chi connectivity index (χ4v) is 5.67. The number of aliphatic hydroxyl groups is 1. The molecule has 5 rings (SSSR count). The number of aromatic nitrogens is 3. The zero-order valence-corrected chi connectivity index (χ0v) is 19.3. The molecule has 1 aliphatic rings. The number of piperazine rings is 1. The minimum Gasteiger partial charge on any atom is -0.492 e. The summed E-state index contributed by atoms with van der Waals surface area (Å²) < 4.78 is 6.82. The molecule has 1 atom stereocenters. The van der Waals surface area contributed by atoms with E-state index in [4.69, 9.17) is 27.6 Å². The van der Waals surface area contributed by atoms with Crippen LogP contribution >= 0.6 is 34.5 Å². The summed E-state index contributed by atoms with van der Waals surface area (Å²) in [5.74, 6) is 0.991. The van der Waals surface area contributed by atoms with E-state index in [1.165, 1.54) is 15.9 Å². The fraction of sp³-hybridized carbons (Fsp3) is 0.333. The third-order valence-electron chi connectivity index (χ3n) is 5.63. The quantitative estimate of drug-likeness (QED) is 0.422. The van der Waals surface area contributed by atoms with Gasteiger partial charge < -0.3 is 14.6 Å². The summed E-state index contributed by atoms with van der Waals surface area (Å²) in [5.41, 5.74) is 0.859. The third-order valence-corrected chi connectivity index (χ3v) is 7.27. The lowest BCUT2D eigenvalue weighted by Gasteiger charge is -2.39. The van der Waals surface area contributed by atoms with Crippen molar-refractivity contribution in [2.24, 2.45) is 0 Å². The monoisotopic (exact) mass is 493 g/mol. The Morgan fingerprint density at radius 2 is 1.97 bits per heavy atom. The lowest BCUT2D eigenvalue weighted by Crippen LogP contribution is -2.48. The lowest BCUT2D eigenvalue weighted by molar-refractivity contribution is 0.0946. The molecule has 0 bridgehead atoms. The van der Waals surface area contributed by atoms with E-state index in [0.717, 1.165) is 31.7 Å². The number of rotatable bonds is 6. The molecule has 2 N–H and O–H groups in total. The second kappa shape index (κ2) is 9.01. The van der Waals surface area contributed by atoms with Crippen LogP contribution in [-0.2, 0) is 0 Å². The molecule has 0 saturated carbocycles. The minimum absolute atomic E-state index is 0.0316. The molecule has 11 heteroatoms. The second-order valence-electron chi connectivity index (χ2n) is 7.57. The first kappa shape index (κ1) is 21.7. The molecule has 32 heavy (non-hydrogen) atoms. The topological polar surface area (TPSA) is 90.3 Å². The van der Waals surface area contributed by atoms with Gasteiger partial charge in [-0.2, -0.15) is 9.50 Å². The first-order valence-corrected chi connectivity index (χ1v) is 11.8. The van der Waals surface area contributed by atoms with Crippen LogP contribution in [0.25, 0.3) is 16.5 Å². The number of hydrogen-bond acceptors (Lipinski definition) is 8. The molecule has 8 nitrogen and oxygen atoms in total. The average molecular weight is 494 g/mol. The van der Waals surface area contributed by atoms with Crippen molar-refractivity contribution in [1.29, 1.82) is 0 Å². The number of aliphatic hydroxyl groups excluding tert-OH is 1. The van der Waals surface area contributed by atoms with Crippen LogP contribution in [0.2, 0.25) is 10.0 Å². The molecular weight excluding hydrogens is 473 g/mol. The van der Waals surface area contributed by atoms with Gasteiger partial charge in [0.1, 0.15) is 0 Å². The van der Waals surface area contributed by atoms with Crippen molar-refractivity contribution in [2.75, 3.05) is 39.3 Å². The third kappa shape index (κ3) is 4.00. The van der Waals surface area contributed by atoms with Crippen LogP contribution < -0.4 is 0 Å². The summed E-state index contributed by atoms with van der Waals surface area (Å²) in [6, 6.07) is 8.69. The Labute approximate surface area is 198 Å². The highest BCUT2D eigenvalue weighted by Gasteiger charge is 2.33. The second-order valence-corrected chi connectivity index (χ2v) is 9.42. The largest absolute Gasteiger partial charge is 0.492 e. The molecule has 1 aromatic carbocycles. The van der Waals surface area contributed by atoms with E-state index in [-0.39, 0.29) is 18.5 Å². The summed E-state index contributed by atoms with van der Waals surface area (Å²) in [7, 11) is 0. The van der Waals surface area contributed by atoms with Crippen molar-refractivity contribution in [3.05, 3.63) is 57.1 Å². The molecule has 3 aromatic heterocycles. The highest BCUT2D eigenvalue weighted by atomic mass is 35.5. The lowest BCUT2D eigenvalue weighted by atomic mass is 10.0. The summed E-state index contributed by atoms with van der Waals surface area (Å²) in [4.78, 5) is 10.3. The normalized spacial score (nSPS) is 16.7. The Bertz CT molecular complexity index is 1220. The van der Waals surface area contributed by atoms with Gasteiger partial charge in [-0.15, -0.1) is 5.10 Å². The van der Waals surface area contributed by atoms with Gasteiger partial charge >= 0.3 is 0 Å². The Hall–Kier alpha value is -2.14. The van der Waals surface area contributed by atoms with Crippen molar-refractivity contribution in [1.82, 2.24) is 24.4 Å². The van der Waals surface area contributed by atoms with Crippen LogP contribution in [0.1, 0.15) is 16.5 Å². The molecule has 0 radical (unpaired) electrons. The molecule has 0 amide bonds. The van der Waals surface area contributed by atoms with Crippen molar-refractivity contribution < 1.29 is 14.6 Å². The van der Waals surface area contributed by atoms with Crippen LogP contribution in [0.4, 0.5) is 0 Å². The van der Waals surface area contributed by atoms with Gasteiger partial charge in [0.05, 0.1) is 23.8 Å². The van der Waals surface area contributed by atoms with E-state index < -0.39 is 0 Å². The number of nitrogens with zero attached hydrogens (tertiary/aromatic N) is 5. The number of thiazole rings is 1. The van der Waals surface area contributed by atoms with Crippen molar-refractivity contribution in [3.8, 4) is 17.5 Å². The van der Waals surface area contributed by atoms with Gasteiger partial charge in [0.25, 0.3) is 0 Å². The van der Waals surface area contributed by atoms with Gasteiger partial charge in [0, 0.05) is 42.8 Å². The number of aromatic hydroxyl groups is 1. The van der Waals surface area contributed by atoms with Crippen LogP contribution in [0.15, 0.2) is 41.0 Å². The van der Waals surface area contributed by atoms with E-state index in [0.29, 0.717) is 38.0 Å². The fourth-order valence-electron chi connectivity index (χ4n) is 4.05. The average Bonchev–Trinajstić information content (AvgIpc) is 3.50. The number of fused-ring (bicyclic) bond motifs is 1. The van der Waals surface area contributed by atoms with Crippen LogP contribution in [0.5, 0.6) is 5.88 Å². The maximum absolute atomic E-state index is 11.1. The Morgan fingerprint density at radius 3 is 2.62 bits per heavy atom. The maximum Gasteiger partial charge on any atom is 0.230 e. The van der Waals surface area contributed by atoms with Gasteiger partial charge in [-0.05, 0) is 29.8 Å². The molecule has 1 aliphatic heterocycles. The van der Waals surface area contributed by atoms with Crippen molar-refractivity contribution >= 4 is 39.5 Å². The number of benzene rings is 1. The van der Waals surface area contributed by atoms with E-state index in [1.807, 2.05) is 6.07 Å². The highest BCUT2D eigenvalue weighted by Crippen LogP contribution is 2.43. The van der Waals surface area contributed by atoms with Crippen molar-refractivity contribution in [3.63, 3.8) is 0 Å². The first-order valence-electron chi connectivity index (χ1n) is 10.2. The molecule has 4 heterocycles. The van der Waals surface area contributed by atoms with Crippen LogP contribution in [0, 0.1) is 0 Å². The molecule has 0 aliphatic carbocycles. The van der Waals surface area contributed by atoms with Gasteiger partial charge in [-0.1, -0.05) is 40.6 Å². The summed E-state index contributed by atoms with van der Waals surface area (Å²) >= 11 is 14.1. The number of furan rings is 1. The smallest absolute Gasteiger partial charge is 0.230 e. The predicted molar refractivity (Wildman–Crippen MR) is 124 cm³/mol. The summed E-state index contributed by atoms with van der Waals surface area (Å²) in [6.45, 7) is 3.93. The number of β-amino-alcohol motifs (C(OH)–C–C–N with tert-alkyl or cyclic N) is 1. The first-order chi connectivity index (χ1) is 15.5. The number of hydrogen-bond donors (Lipinski definition) is 2. The van der Waals surface area contributed by atoms with Crippen LogP contribution in [-0.4, -0.2) is 73.9 Å². The molecule has 4 aromatic rings. The van der Waals surface area contributed by atoms with Gasteiger partial charge in [-0.3, -0.25) is 9.80 Å². The minimum atomic E-state index is -0.281. The Kier molecular flexibility index (Phi) is 6.11. The van der Waals surface area contributed by atoms with Gasteiger partial charge in [-0.25, -0.2) is 0 Å². The molecular formula is C21H21Cl2N5O3S. The Morgan fingerprint density at radius 1 is 1.16 bits per heavy atom. The highest BCUT2D eigenvalue weighted by molar-refractivity contribution is 7.17. The molecule has 1 saturated heterocycles. The van der Waals surface area contributed by atoms with E-state index in [2.05, 4.69) is 19.9 Å². The molecule has 0 spiro atoms. The molecule has 168 valence electrons. The summed E-state index contributed by atoms with van der Waals surface area (Å²) in [6.07, 6.45) is 1.56. The molecule has 0 unspecified atom stereocenters. The zero-order chi connectivity index (χ0) is 22.2. The standard InChI is InChI=1S/C21H21Cl2N5O3S/c22-13-3-4-14(15(23)12-13)17(27-7-5-26(6-8-27)9-10-29)18-20(30)28-21(32-18)24-19(25-28)16-2-1-11-31-16/h1-4,11-12,17,29-30H,5-10H2/t17-/m1/s1. The maximum atomic E-state index is 11.1. The van der Waals surface area contributed by atoms with E-state index >= 15 is 0 Å². The predicted octanol–water partition coefficient (Wildman–Crippen LogP) is 3.76. The molecule has 1 fully saturated rings. The van der Waals surface area contributed by atoms with E-state index in [1.54, 1.807) is 30.5 Å². The summed E-state index contributed by atoms with van der Waals surface area (Å²) in [5, 5.41) is 25.9. The van der Waals surface area contributed by atoms with Crippen molar-refractivity contribution in [2.45, 2.75) is 6.04 Å². The number of halogens is 2. The van der Waals surface area contributed by atoms with Gasteiger partial charge in [0.15, 0.2) is 5.76 Å². The van der Waals surface area contributed by atoms with Crippen LogP contribution in [0.3, 0.4) is 0 Å². The SMILES string of the molecule is OCCN1CCN([C@H](c2ccc(Cl)cc2Cl)c2sc3nc(-c4ccco4)nn3c2O)CC1. The van der Waals surface area contributed by atoms with Gasteiger partial charge in [0.2, 0.25) is 16.7 Å². The zero-order valence-electron chi connectivity index (χ0n) is 17.0.